The monoisotopic (exact) mass is 238 g/mol. The number of anilines is 1. The molecular weight excluding hydrogens is 228 g/mol. The molecule has 84 valence electrons. The van der Waals surface area contributed by atoms with Crippen molar-refractivity contribution in [1.82, 2.24) is 10.2 Å². The fourth-order valence-electron chi connectivity index (χ4n) is 1.51. The maximum absolute atomic E-state index is 11.7. The van der Waals surface area contributed by atoms with Crippen molar-refractivity contribution in [2.24, 2.45) is 5.10 Å². The van der Waals surface area contributed by atoms with E-state index in [0.717, 1.165) is 18.6 Å². The van der Waals surface area contributed by atoms with Crippen LogP contribution in [0.15, 0.2) is 17.2 Å². The molecule has 0 aromatic carbocycles. The smallest absolute Gasteiger partial charge is 0.254 e. The number of aromatic nitrogens is 2. The summed E-state index contributed by atoms with van der Waals surface area (Å²) in [4.78, 5) is 11.7. The topological polar surface area (TPSA) is 58.5 Å². The molecule has 0 N–H and O–H groups in total. The Morgan fingerprint density at radius 2 is 2.25 bits per heavy atom. The van der Waals surface area contributed by atoms with Gasteiger partial charge in [0.1, 0.15) is 0 Å². The number of halogens is 1. The Kier molecular flexibility index (Phi) is 3.14. The van der Waals surface area contributed by atoms with Crippen LogP contribution in [0.3, 0.4) is 0 Å². The summed E-state index contributed by atoms with van der Waals surface area (Å²) in [7, 11) is 0. The zero-order valence-corrected chi connectivity index (χ0v) is 9.61. The maximum Gasteiger partial charge on any atom is 0.254 e. The summed E-state index contributed by atoms with van der Waals surface area (Å²) in [5.41, 5.74) is 0.893. The van der Waals surface area contributed by atoms with Gasteiger partial charge in [-0.2, -0.15) is 10.1 Å². The van der Waals surface area contributed by atoms with Crippen LogP contribution in [0.2, 0.25) is 5.15 Å². The van der Waals surface area contributed by atoms with Crippen LogP contribution in [0, 0.1) is 0 Å². The molecule has 2 heterocycles. The molecule has 5 nitrogen and oxygen atoms in total. The minimum atomic E-state index is -0.0694. The van der Waals surface area contributed by atoms with Gasteiger partial charge in [-0.25, -0.2) is 0 Å². The molecule has 0 fully saturated rings. The second kappa shape index (κ2) is 4.57. The average molecular weight is 239 g/mol. The number of carbonyl (C=O) groups is 1. The van der Waals surface area contributed by atoms with Gasteiger partial charge in [-0.15, -0.1) is 10.2 Å². The molecule has 0 radical (unpaired) electrons. The van der Waals surface area contributed by atoms with E-state index in [-0.39, 0.29) is 5.91 Å². The van der Waals surface area contributed by atoms with Crippen molar-refractivity contribution in [2.75, 3.05) is 5.01 Å². The van der Waals surface area contributed by atoms with Gasteiger partial charge in [0.2, 0.25) is 0 Å². The first-order valence-corrected chi connectivity index (χ1v) is 5.47. The minimum absolute atomic E-state index is 0.0694. The Morgan fingerprint density at radius 1 is 1.44 bits per heavy atom. The lowest BCUT2D eigenvalue weighted by Gasteiger charge is -2.08. The highest BCUT2D eigenvalue weighted by atomic mass is 35.5. The summed E-state index contributed by atoms with van der Waals surface area (Å²) in [5, 5.41) is 13.3. The number of amides is 1. The van der Waals surface area contributed by atoms with E-state index >= 15 is 0 Å². The molecule has 0 spiro atoms. The molecule has 6 heteroatoms. The normalized spacial score (nSPS) is 15.5. The highest BCUT2D eigenvalue weighted by Crippen LogP contribution is 2.19. The van der Waals surface area contributed by atoms with Gasteiger partial charge in [-0.1, -0.05) is 24.9 Å². The Balaban J connectivity index is 2.21. The largest absolute Gasteiger partial charge is 0.272 e. The van der Waals surface area contributed by atoms with Gasteiger partial charge in [0.15, 0.2) is 11.0 Å². The molecule has 16 heavy (non-hydrogen) atoms. The minimum Gasteiger partial charge on any atom is -0.272 e. The van der Waals surface area contributed by atoms with Crippen LogP contribution in [-0.2, 0) is 4.79 Å². The van der Waals surface area contributed by atoms with Crippen LogP contribution in [-0.4, -0.2) is 21.8 Å². The summed E-state index contributed by atoms with van der Waals surface area (Å²) in [5.74, 6) is 0.348. The molecule has 0 aliphatic carbocycles. The van der Waals surface area contributed by atoms with Crippen LogP contribution >= 0.6 is 11.6 Å². The number of nitrogens with zero attached hydrogens (tertiary/aromatic N) is 4. The summed E-state index contributed by atoms with van der Waals surface area (Å²) >= 11 is 5.62. The van der Waals surface area contributed by atoms with Gasteiger partial charge in [0, 0.05) is 5.71 Å². The first kappa shape index (κ1) is 11.0. The van der Waals surface area contributed by atoms with E-state index in [9.17, 15) is 4.79 Å². The molecular formula is C10H11ClN4O. The SMILES string of the molecule is CCCC1=NN(c2ccc(Cl)nn2)C(=O)C1. The Labute approximate surface area is 98.1 Å². The van der Waals surface area contributed by atoms with Crippen LogP contribution in [0.5, 0.6) is 0 Å². The third-order valence-corrected chi connectivity index (χ3v) is 2.41. The lowest BCUT2D eigenvalue weighted by molar-refractivity contribution is -0.116. The maximum atomic E-state index is 11.7. The molecule has 0 saturated carbocycles. The molecule has 1 aromatic heterocycles. The van der Waals surface area contributed by atoms with Crippen molar-refractivity contribution >= 4 is 29.0 Å². The van der Waals surface area contributed by atoms with Crippen molar-refractivity contribution in [3.05, 3.63) is 17.3 Å². The molecule has 1 aliphatic rings. The lowest BCUT2D eigenvalue weighted by atomic mass is 10.2. The van der Waals surface area contributed by atoms with Crippen molar-refractivity contribution in [3.8, 4) is 0 Å². The third-order valence-electron chi connectivity index (χ3n) is 2.21. The van der Waals surface area contributed by atoms with E-state index in [1.807, 2.05) is 0 Å². The highest BCUT2D eigenvalue weighted by Gasteiger charge is 2.25. The predicted octanol–water partition coefficient (Wildman–Crippen LogP) is 2.02. The second-order valence-corrected chi connectivity index (χ2v) is 3.90. The van der Waals surface area contributed by atoms with Gasteiger partial charge in [-0.3, -0.25) is 4.79 Å². The number of rotatable bonds is 3. The van der Waals surface area contributed by atoms with Crippen molar-refractivity contribution < 1.29 is 4.79 Å². The summed E-state index contributed by atoms with van der Waals surface area (Å²) in [6, 6.07) is 3.22. The van der Waals surface area contributed by atoms with Crippen LogP contribution in [0.4, 0.5) is 5.82 Å². The van der Waals surface area contributed by atoms with Gasteiger partial charge >= 0.3 is 0 Å². The number of hydrazone groups is 1. The van der Waals surface area contributed by atoms with E-state index in [4.69, 9.17) is 11.6 Å². The van der Waals surface area contributed by atoms with Crippen molar-refractivity contribution in [2.45, 2.75) is 26.2 Å². The molecule has 2 rings (SSSR count). The number of carbonyl (C=O) groups excluding carboxylic acids is 1. The first-order valence-electron chi connectivity index (χ1n) is 5.09. The molecule has 0 bridgehead atoms. The van der Waals surface area contributed by atoms with Gasteiger partial charge in [0.25, 0.3) is 5.91 Å². The first-order chi connectivity index (χ1) is 7.70. The van der Waals surface area contributed by atoms with Crippen molar-refractivity contribution in [1.29, 1.82) is 0 Å². The quantitative estimate of drug-likeness (QED) is 0.810. The highest BCUT2D eigenvalue weighted by molar-refractivity contribution is 6.29. The van der Waals surface area contributed by atoms with E-state index < -0.39 is 0 Å². The molecule has 0 saturated heterocycles. The Bertz CT molecular complexity index is 429. The van der Waals surface area contributed by atoms with Crippen molar-refractivity contribution in [3.63, 3.8) is 0 Å². The van der Waals surface area contributed by atoms with Crippen LogP contribution in [0.25, 0.3) is 0 Å². The number of hydrogen-bond donors (Lipinski definition) is 0. The summed E-state index contributed by atoms with van der Waals surface area (Å²) < 4.78 is 0. The van der Waals surface area contributed by atoms with E-state index in [2.05, 4.69) is 22.2 Å². The van der Waals surface area contributed by atoms with Gasteiger partial charge in [0.05, 0.1) is 6.42 Å². The van der Waals surface area contributed by atoms with E-state index in [1.54, 1.807) is 12.1 Å². The zero-order chi connectivity index (χ0) is 11.5. The molecule has 1 aliphatic heterocycles. The standard InChI is InChI=1S/C10H11ClN4O/c1-2-3-7-6-10(16)15(14-7)9-5-4-8(11)12-13-9/h4-5H,2-3,6H2,1H3. The predicted molar refractivity (Wildman–Crippen MR) is 61.5 cm³/mol. The van der Waals surface area contributed by atoms with Crippen LogP contribution in [0.1, 0.15) is 26.2 Å². The molecule has 1 amide bonds. The molecule has 1 aromatic rings. The fraction of sp³-hybridized carbons (Fsp3) is 0.400. The Morgan fingerprint density at radius 3 is 2.88 bits per heavy atom. The molecule has 0 atom stereocenters. The summed E-state index contributed by atoms with van der Waals surface area (Å²) in [6.45, 7) is 2.05. The molecule has 0 unspecified atom stereocenters. The fourth-order valence-corrected chi connectivity index (χ4v) is 1.61. The van der Waals surface area contributed by atoms with E-state index in [1.165, 1.54) is 5.01 Å². The summed E-state index contributed by atoms with van der Waals surface area (Å²) in [6.07, 6.45) is 2.19. The zero-order valence-electron chi connectivity index (χ0n) is 8.85. The van der Waals surface area contributed by atoms with E-state index in [0.29, 0.717) is 17.4 Å². The number of hydrogen-bond acceptors (Lipinski definition) is 4. The van der Waals surface area contributed by atoms with Crippen LogP contribution < -0.4 is 5.01 Å². The second-order valence-electron chi connectivity index (χ2n) is 3.51. The average Bonchev–Trinajstić information content (AvgIpc) is 2.61. The lowest BCUT2D eigenvalue weighted by Crippen LogP contribution is -2.20. The van der Waals surface area contributed by atoms with Gasteiger partial charge in [-0.05, 0) is 18.6 Å². The Hall–Kier alpha value is -1.49. The van der Waals surface area contributed by atoms with Gasteiger partial charge < -0.3 is 0 Å². The third kappa shape index (κ3) is 2.19.